The number of fused-ring (bicyclic) bond motifs is 1. The van der Waals surface area contributed by atoms with Gasteiger partial charge in [0.05, 0.1) is 31.0 Å². The number of carbonyl (C=O) groups excluding carboxylic acids is 1. The second-order valence-corrected chi connectivity index (χ2v) is 11.4. The number of hydrogen-bond acceptors (Lipinski definition) is 10. The van der Waals surface area contributed by atoms with Crippen molar-refractivity contribution in [3.05, 3.63) is 77.9 Å². The smallest absolute Gasteiger partial charge is 0.332 e. The molecule has 0 unspecified atom stereocenters. The molecule has 3 aromatic heterocycles. The minimum absolute atomic E-state index is 0.0191. The number of nitrogens with zero attached hydrogens (tertiary/aromatic N) is 5. The quantitative estimate of drug-likeness (QED) is 0.120. The largest absolute Gasteiger partial charge is 0.378 e. The van der Waals surface area contributed by atoms with Crippen LogP contribution in [0.3, 0.4) is 0 Å². The fourth-order valence-corrected chi connectivity index (χ4v) is 5.59. The van der Waals surface area contributed by atoms with E-state index >= 15 is 0 Å². The molecule has 12 heteroatoms. The maximum absolute atomic E-state index is 12.0. The summed E-state index contributed by atoms with van der Waals surface area (Å²) >= 11 is 1.53. The van der Waals surface area contributed by atoms with Gasteiger partial charge in [0.2, 0.25) is 5.95 Å². The van der Waals surface area contributed by atoms with Crippen LogP contribution in [0.25, 0.3) is 27.6 Å². The third-order valence-electron chi connectivity index (χ3n) is 6.91. The summed E-state index contributed by atoms with van der Waals surface area (Å²) in [4.78, 5) is 34.4. The van der Waals surface area contributed by atoms with Gasteiger partial charge in [0, 0.05) is 53.4 Å². The summed E-state index contributed by atoms with van der Waals surface area (Å²) in [5.41, 5.74) is 8.08. The highest BCUT2D eigenvalue weighted by Crippen LogP contribution is 2.34. The molecule has 0 spiro atoms. The van der Waals surface area contributed by atoms with Gasteiger partial charge in [-0.1, -0.05) is 38.1 Å². The van der Waals surface area contributed by atoms with Crippen molar-refractivity contribution in [1.29, 1.82) is 5.41 Å². The maximum Gasteiger partial charge on any atom is 0.332 e. The Bertz CT molecular complexity index is 1760. The number of rotatable bonds is 8. The first-order valence-electron chi connectivity index (χ1n) is 14.1. The lowest BCUT2D eigenvalue weighted by Crippen LogP contribution is -2.36. The number of imidazole rings is 1. The number of benzene rings is 2. The molecule has 5 aromatic rings. The molecule has 1 fully saturated rings. The molecule has 1 aliphatic heterocycles. The van der Waals surface area contributed by atoms with E-state index < -0.39 is 5.97 Å². The Hall–Kier alpha value is -4.81. The van der Waals surface area contributed by atoms with Crippen molar-refractivity contribution < 1.29 is 14.4 Å². The van der Waals surface area contributed by atoms with Crippen LogP contribution in [-0.2, 0) is 14.4 Å². The van der Waals surface area contributed by atoms with Crippen molar-refractivity contribution in [2.45, 2.75) is 20.3 Å². The summed E-state index contributed by atoms with van der Waals surface area (Å²) in [7, 11) is 0. The van der Waals surface area contributed by atoms with Gasteiger partial charge < -0.3 is 19.8 Å². The van der Waals surface area contributed by atoms with Crippen LogP contribution in [0.2, 0.25) is 0 Å². The Morgan fingerprint density at radius 2 is 1.95 bits per heavy atom. The second-order valence-electron chi connectivity index (χ2n) is 10.5. The number of hydroxylamine groups is 1. The van der Waals surface area contributed by atoms with Crippen LogP contribution in [0.15, 0.2) is 72.4 Å². The standard InChI is InChI=1S/C31H32N8O3S/c1-20(2)17-26(40)42-37-29(32)22-6-3-5-21(18-22)27-28(39-13-16-43-31(39)36-27)25-9-10-33-30(35-25)34-23-7-4-8-24(19-23)38-11-14-41-15-12-38/h3-10,13,16,18-20H,11-12,14-15,17H2,1-2H3,(H2,32,37)(H,33,34,35). The normalized spacial score (nSPS) is 13.3. The molecule has 0 saturated carbocycles. The van der Waals surface area contributed by atoms with Crippen molar-refractivity contribution in [3.63, 3.8) is 0 Å². The van der Waals surface area contributed by atoms with E-state index in [1.807, 2.05) is 66.2 Å². The molecule has 6 rings (SSSR count). The number of amidine groups is 1. The lowest BCUT2D eigenvalue weighted by atomic mass is 10.0. The molecule has 1 aliphatic rings. The molecule has 43 heavy (non-hydrogen) atoms. The van der Waals surface area contributed by atoms with Gasteiger partial charge in [0.15, 0.2) is 10.8 Å². The predicted molar refractivity (Wildman–Crippen MR) is 168 cm³/mol. The average molecular weight is 597 g/mol. The molecule has 0 bridgehead atoms. The fourth-order valence-electron chi connectivity index (χ4n) is 4.88. The molecule has 1 saturated heterocycles. The number of aromatic nitrogens is 4. The van der Waals surface area contributed by atoms with E-state index in [1.54, 1.807) is 12.3 Å². The molecule has 0 amide bonds. The first kappa shape index (κ1) is 28.3. The topological polar surface area (TPSA) is 130 Å². The van der Waals surface area contributed by atoms with E-state index in [-0.39, 0.29) is 18.2 Å². The van der Waals surface area contributed by atoms with Crippen LogP contribution >= 0.6 is 11.3 Å². The van der Waals surface area contributed by atoms with Crippen LogP contribution in [-0.4, -0.2) is 57.5 Å². The lowest BCUT2D eigenvalue weighted by molar-refractivity contribution is -0.148. The molecule has 0 radical (unpaired) electrons. The Kier molecular flexibility index (Phi) is 8.29. The zero-order valence-electron chi connectivity index (χ0n) is 23.9. The maximum atomic E-state index is 12.0. The molecular formula is C31H32N8O3S. The first-order chi connectivity index (χ1) is 20.9. The minimum atomic E-state index is -0.409. The third-order valence-corrected chi connectivity index (χ3v) is 7.66. The first-order valence-corrected chi connectivity index (χ1v) is 15.0. The molecule has 2 aromatic carbocycles. The highest BCUT2D eigenvalue weighted by Gasteiger charge is 2.20. The van der Waals surface area contributed by atoms with Gasteiger partial charge in [-0.25, -0.2) is 25.2 Å². The molecule has 4 heterocycles. The summed E-state index contributed by atoms with van der Waals surface area (Å²) in [5.74, 6) is 0.205. The predicted octanol–water partition coefficient (Wildman–Crippen LogP) is 5.52. The van der Waals surface area contributed by atoms with Gasteiger partial charge in [-0.05, 0) is 36.2 Å². The van der Waals surface area contributed by atoms with Gasteiger partial charge in [-0.2, -0.15) is 0 Å². The van der Waals surface area contributed by atoms with Gasteiger partial charge in [-0.15, -0.1) is 11.3 Å². The van der Waals surface area contributed by atoms with E-state index in [4.69, 9.17) is 25.0 Å². The van der Waals surface area contributed by atoms with Crippen molar-refractivity contribution in [2.75, 3.05) is 36.5 Å². The van der Waals surface area contributed by atoms with Crippen LogP contribution in [0, 0.1) is 11.3 Å². The van der Waals surface area contributed by atoms with E-state index in [0.29, 0.717) is 17.2 Å². The second kappa shape index (κ2) is 12.6. The van der Waals surface area contributed by atoms with Crippen molar-refractivity contribution in [1.82, 2.24) is 24.8 Å². The number of morpholine rings is 1. The lowest BCUT2D eigenvalue weighted by Gasteiger charge is -2.29. The van der Waals surface area contributed by atoms with Crippen LogP contribution in [0.1, 0.15) is 25.8 Å². The average Bonchev–Trinajstić information content (AvgIpc) is 3.62. The van der Waals surface area contributed by atoms with Gasteiger partial charge in [0.1, 0.15) is 5.69 Å². The zero-order valence-corrected chi connectivity index (χ0v) is 24.7. The summed E-state index contributed by atoms with van der Waals surface area (Å²) in [6.45, 7) is 7.03. The molecule has 3 N–H and O–H groups in total. The van der Waals surface area contributed by atoms with Crippen molar-refractivity contribution >= 4 is 45.4 Å². The Morgan fingerprint density at radius 1 is 1.12 bits per heavy atom. The molecule has 11 nitrogen and oxygen atoms in total. The number of anilines is 3. The number of ether oxygens (including phenoxy) is 1. The van der Waals surface area contributed by atoms with Crippen molar-refractivity contribution in [2.24, 2.45) is 5.92 Å². The number of carbonyl (C=O) groups is 1. The monoisotopic (exact) mass is 596 g/mol. The summed E-state index contributed by atoms with van der Waals surface area (Å²) < 4.78 is 7.50. The van der Waals surface area contributed by atoms with Gasteiger partial charge in [0.25, 0.3) is 0 Å². The molecule has 0 aliphatic carbocycles. The Morgan fingerprint density at radius 3 is 2.79 bits per heavy atom. The van der Waals surface area contributed by atoms with Gasteiger partial charge >= 0.3 is 5.97 Å². The van der Waals surface area contributed by atoms with Crippen LogP contribution < -0.4 is 15.7 Å². The molecule has 220 valence electrons. The van der Waals surface area contributed by atoms with Crippen LogP contribution in [0.4, 0.5) is 17.3 Å². The third kappa shape index (κ3) is 6.50. The summed E-state index contributed by atoms with van der Waals surface area (Å²) in [5, 5.41) is 13.8. The van der Waals surface area contributed by atoms with E-state index in [0.717, 1.165) is 59.6 Å². The van der Waals surface area contributed by atoms with Crippen LogP contribution in [0.5, 0.6) is 0 Å². The molecule has 0 atom stereocenters. The highest BCUT2D eigenvalue weighted by atomic mass is 32.1. The van der Waals surface area contributed by atoms with E-state index in [1.165, 1.54) is 11.3 Å². The number of hydrogen-bond donors (Lipinski definition) is 3. The number of thiazole rings is 1. The van der Waals surface area contributed by atoms with Gasteiger partial charge in [-0.3, -0.25) is 9.81 Å². The van der Waals surface area contributed by atoms with Crippen molar-refractivity contribution in [3.8, 4) is 22.6 Å². The van der Waals surface area contributed by atoms with E-state index in [2.05, 4.69) is 32.8 Å². The zero-order chi connectivity index (χ0) is 29.8. The Balaban J connectivity index is 1.27. The molecular weight excluding hydrogens is 564 g/mol. The number of nitrogens with one attached hydrogen (secondary N) is 3. The highest BCUT2D eigenvalue weighted by molar-refractivity contribution is 7.15. The van der Waals surface area contributed by atoms with E-state index in [9.17, 15) is 4.79 Å². The minimum Gasteiger partial charge on any atom is -0.378 e. The SMILES string of the molecule is CC(C)CC(=O)ONC(=N)c1cccc(-c2nc3sccn3c2-c2ccnc(Nc3cccc(N4CCOCC4)c3)n2)c1. The fraction of sp³-hybridized carbons (Fsp3) is 0.258. The Labute approximate surface area is 253 Å². The summed E-state index contributed by atoms with van der Waals surface area (Å²) in [6, 6.07) is 17.5. The summed E-state index contributed by atoms with van der Waals surface area (Å²) in [6.07, 6.45) is 3.96.